The van der Waals surface area contributed by atoms with Gasteiger partial charge in [0.05, 0.1) is 25.2 Å². The van der Waals surface area contributed by atoms with E-state index in [0.717, 1.165) is 24.3 Å². The lowest BCUT2D eigenvalue weighted by Crippen LogP contribution is -2.36. The SMILES string of the molecule is CC1=N[N+](C)(C)C(C(N)c2ccc(F)cc2F)=C1c1c(F)cccc1F. The minimum Gasteiger partial charge on any atom is -0.316 e. The maximum atomic E-state index is 14.4. The van der Waals surface area contributed by atoms with Gasteiger partial charge >= 0.3 is 0 Å². The Bertz CT molecular complexity index is 928. The Kier molecular flexibility index (Phi) is 4.46. The second-order valence-electron chi connectivity index (χ2n) is 6.58. The maximum Gasteiger partial charge on any atom is 0.166 e. The molecule has 26 heavy (non-hydrogen) atoms. The molecule has 1 unspecified atom stereocenters. The van der Waals surface area contributed by atoms with Gasteiger partial charge in [0.15, 0.2) is 5.70 Å². The van der Waals surface area contributed by atoms with Crippen molar-refractivity contribution in [1.29, 1.82) is 0 Å². The number of benzene rings is 2. The van der Waals surface area contributed by atoms with Crippen LogP contribution in [0, 0.1) is 23.3 Å². The lowest BCUT2D eigenvalue weighted by Gasteiger charge is -2.26. The summed E-state index contributed by atoms with van der Waals surface area (Å²) >= 11 is 0. The van der Waals surface area contributed by atoms with Crippen molar-refractivity contribution < 1.29 is 22.2 Å². The van der Waals surface area contributed by atoms with Crippen LogP contribution >= 0.6 is 0 Å². The summed E-state index contributed by atoms with van der Waals surface area (Å²) in [5, 5.41) is 4.41. The number of halogens is 4. The van der Waals surface area contributed by atoms with Crippen LogP contribution in [0.3, 0.4) is 0 Å². The van der Waals surface area contributed by atoms with Crippen LogP contribution in [0.25, 0.3) is 5.57 Å². The molecule has 7 heteroatoms. The van der Waals surface area contributed by atoms with Crippen LogP contribution in [0.2, 0.25) is 0 Å². The van der Waals surface area contributed by atoms with Gasteiger partial charge in [0.25, 0.3) is 0 Å². The number of likely N-dealkylation sites (N-methyl/N-ethyl adjacent to an activating group) is 1. The highest BCUT2D eigenvalue weighted by atomic mass is 19.1. The Labute approximate surface area is 148 Å². The molecule has 0 aromatic heterocycles. The molecule has 0 spiro atoms. The van der Waals surface area contributed by atoms with Crippen LogP contribution in [0.1, 0.15) is 24.1 Å². The number of nitrogens with zero attached hydrogens (tertiary/aromatic N) is 2. The van der Waals surface area contributed by atoms with Crippen molar-refractivity contribution in [3.8, 4) is 0 Å². The van der Waals surface area contributed by atoms with Crippen molar-refractivity contribution in [2.75, 3.05) is 14.1 Å². The molecular weight excluding hydrogens is 346 g/mol. The maximum absolute atomic E-state index is 14.4. The summed E-state index contributed by atoms with van der Waals surface area (Å²) in [4.78, 5) is 0. The number of hydrogen-bond acceptors (Lipinski definition) is 2. The third-order valence-corrected chi connectivity index (χ3v) is 4.41. The van der Waals surface area contributed by atoms with E-state index in [1.165, 1.54) is 12.1 Å². The standard InChI is InChI=1S/C19H18F4N3/c1-10-16(17-13(21)5-4-6-14(17)22)19(26(2,3)25-10)18(24)12-8-7-11(20)9-15(12)23/h4-9,18H,24H2,1-3H3/q+1. The Morgan fingerprint density at radius 1 is 0.962 bits per heavy atom. The molecule has 0 bridgehead atoms. The van der Waals surface area contributed by atoms with Crippen molar-refractivity contribution in [2.45, 2.75) is 13.0 Å². The molecule has 1 aliphatic heterocycles. The van der Waals surface area contributed by atoms with Crippen LogP contribution in [-0.4, -0.2) is 24.4 Å². The molecule has 1 aliphatic rings. The summed E-state index contributed by atoms with van der Waals surface area (Å²) in [5.41, 5.74) is 6.92. The molecule has 0 saturated heterocycles. The van der Waals surface area contributed by atoms with Gasteiger partial charge in [-0.05, 0) is 25.1 Å². The lowest BCUT2D eigenvalue weighted by molar-refractivity contribution is -0.858. The predicted octanol–water partition coefficient (Wildman–Crippen LogP) is 4.12. The van der Waals surface area contributed by atoms with Gasteiger partial charge in [-0.1, -0.05) is 17.2 Å². The minimum absolute atomic E-state index is 0.0201. The number of quaternary nitrogens is 1. The Morgan fingerprint density at radius 2 is 1.58 bits per heavy atom. The van der Waals surface area contributed by atoms with E-state index in [1.807, 2.05) is 0 Å². The topological polar surface area (TPSA) is 38.4 Å². The molecule has 0 fully saturated rings. The highest BCUT2D eigenvalue weighted by molar-refractivity contribution is 6.24. The molecule has 0 amide bonds. The predicted molar refractivity (Wildman–Crippen MR) is 91.8 cm³/mol. The fraction of sp³-hybridized carbons (Fsp3) is 0.211. The molecule has 136 valence electrons. The molecule has 2 aromatic rings. The summed E-state index contributed by atoms with van der Waals surface area (Å²) < 4.78 is 56.1. The zero-order valence-electron chi connectivity index (χ0n) is 14.5. The van der Waals surface area contributed by atoms with Gasteiger partial charge in [0.2, 0.25) is 0 Å². The van der Waals surface area contributed by atoms with Gasteiger partial charge in [0.1, 0.15) is 35.0 Å². The van der Waals surface area contributed by atoms with E-state index in [9.17, 15) is 17.6 Å². The van der Waals surface area contributed by atoms with Gasteiger partial charge in [-0.15, -0.1) is 0 Å². The monoisotopic (exact) mass is 364 g/mol. The van der Waals surface area contributed by atoms with Crippen molar-refractivity contribution in [3.63, 3.8) is 0 Å². The van der Waals surface area contributed by atoms with Gasteiger partial charge in [-0.3, -0.25) is 0 Å². The van der Waals surface area contributed by atoms with E-state index < -0.39 is 29.3 Å². The van der Waals surface area contributed by atoms with Gasteiger partial charge in [0, 0.05) is 11.6 Å². The quantitative estimate of drug-likeness (QED) is 0.646. The summed E-state index contributed by atoms with van der Waals surface area (Å²) in [6, 6.07) is 5.51. The summed E-state index contributed by atoms with van der Waals surface area (Å²) in [7, 11) is 3.34. The molecule has 3 nitrogen and oxygen atoms in total. The number of allylic oxidation sites excluding steroid dienone is 1. The van der Waals surface area contributed by atoms with E-state index in [4.69, 9.17) is 5.73 Å². The molecule has 3 rings (SSSR count). The second kappa shape index (κ2) is 6.34. The molecule has 2 aromatic carbocycles. The molecule has 1 heterocycles. The lowest BCUT2D eigenvalue weighted by atomic mass is 9.93. The normalized spacial score (nSPS) is 17.5. The molecule has 0 saturated carbocycles. The fourth-order valence-corrected chi connectivity index (χ4v) is 3.38. The van der Waals surface area contributed by atoms with E-state index in [0.29, 0.717) is 11.4 Å². The van der Waals surface area contributed by atoms with Gasteiger partial charge < -0.3 is 5.73 Å². The number of nitrogens with two attached hydrogens (primary N) is 1. The van der Waals surface area contributed by atoms with Crippen molar-refractivity contribution in [2.24, 2.45) is 10.8 Å². The van der Waals surface area contributed by atoms with E-state index >= 15 is 0 Å². The Hall–Kier alpha value is -2.51. The van der Waals surface area contributed by atoms with Crippen molar-refractivity contribution >= 4 is 11.3 Å². The smallest absolute Gasteiger partial charge is 0.166 e. The molecule has 0 radical (unpaired) electrons. The third-order valence-electron chi connectivity index (χ3n) is 4.41. The van der Waals surface area contributed by atoms with E-state index in [1.54, 1.807) is 21.0 Å². The molecule has 0 aliphatic carbocycles. The summed E-state index contributed by atoms with van der Waals surface area (Å²) in [6.07, 6.45) is 0. The second-order valence-corrected chi connectivity index (χ2v) is 6.58. The Balaban J connectivity index is 2.28. The first kappa shape index (κ1) is 18.3. The van der Waals surface area contributed by atoms with Crippen LogP contribution < -0.4 is 5.73 Å². The van der Waals surface area contributed by atoms with Crippen LogP contribution in [-0.2, 0) is 0 Å². The molecule has 1 atom stereocenters. The largest absolute Gasteiger partial charge is 0.316 e. The average molecular weight is 364 g/mol. The molecular formula is C19H18F4N3+. The third kappa shape index (κ3) is 2.93. The first-order valence-electron chi connectivity index (χ1n) is 7.94. The summed E-state index contributed by atoms with van der Waals surface area (Å²) in [5.74, 6) is -3.09. The zero-order valence-corrected chi connectivity index (χ0v) is 14.5. The van der Waals surface area contributed by atoms with Crippen LogP contribution in [0.5, 0.6) is 0 Å². The van der Waals surface area contributed by atoms with E-state index in [-0.39, 0.29) is 21.3 Å². The highest BCUT2D eigenvalue weighted by Crippen LogP contribution is 2.41. The molecule has 2 N–H and O–H groups in total. The zero-order chi connectivity index (χ0) is 19.2. The van der Waals surface area contributed by atoms with Crippen molar-refractivity contribution in [1.82, 2.24) is 0 Å². The van der Waals surface area contributed by atoms with Crippen LogP contribution in [0.15, 0.2) is 47.2 Å². The van der Waals surface area contributed by atoms with Gasteiger partial charge in [-0.25, -0.2) is 17.6 Å². The first-order chi connectivity index (χ1) is 12.1. The number of rotatable bonds is 3. The first-order valence-corrected chi connectivity index (χ1v) is 7.94. The van der Waals surface area contributed by atoms with E-state index in [2.05, 4.69) is 5.10 Å². The minimum atomic E-state index is -1.07. The highest BCUT2D eigenvalue weighted by Gasteiger charge is 2.42. The summed E-state index contributed by atoms with van der Waals surface area (Å²) in [6.45, 7) is 1.61. The van der Waals surface area contributed by atoms with Crippen molar-refractivity contribution in [3.05, 3.63) is 76.5 Å². The fourth-order valence-electron chi connectivity index (χ4n) is 3.38. The Morgan fingerprint density at radius 3 is 2.15 bits per heavy atom. The van der Waals surface area contributed by atoms with Crippen LogP contribution in [0.4, 0.5) is 17.6 Å². The number of hydrogen-bond donors (Lipinski definition) is 1. The van der Waals surface area contributed by atoms with Gasteiger partial charge in [-0.2, -0.15) is 4.59 Å². The average Bonchev–Trinajstić information content (AvgIpc) is 2.75.